The van der Waals surface area contributed by atoms with Crippen LogP contribution in [0.3, 0.4) is 0 Å². The number of amides is 2. The maximum Gasteiger partial charge on any atom is 0.302 e. The number of benzene rings is 2. The lowest BCUT2D eigenvalue weighted by Crippen LogP contribution is -2.36. The Bertz CT molecular complexity index is 975. The van der Waals surface area contributed by atoms with Gasteiger partial charge in [0, 0.05) is 24.7 Å². The number of methoxy groups -OCH3 is 2. The molecule has 7 nitrogen and oxygen atoms in total. The number of carbonyl (C=O) groups excluding carboxylic acids is 2. The van der Waals surface area contributed by atoms with E-state index in [1.165, 1.54) is 23.7 Å². The summed E-state index contributed by atoms with van der Waals surface area (Å²) in [7, 11) is 3.20. The zero-order valence-corrected chi connectivity index (χ0v) is 19.0. The highest BCUT2D eigenvalue weighted by Gasteiger charge is 2.30. The van der Waals surface area contributed by atoms with Crippen LogP contribution in [0.2, 0.25) is 0 Å². The second-order valence-corrected chi connectivity index (χ2v) is 8.24. The van der Waals surface area contributed by atoms with Crippen LogP contribution in [0.5, 0.6) is 11.5 Å². The summed E-state index contributed by atoms with van der Waals surface area (Å²) in [4.78, 5) is 23.8. The van der Waals surface area contributed by atoms with Crippen molar-refractivity contribution in [3.63, 3.8) is 0 Å². The number of rotatable bonds is 8. The van der Waals surface area contributed by atoms with Crippen LogP contribution < -0.4 is 14.8 Å². The van der Waals surface area contributed by atoms with Crippen LogP contribution in [0.15, 0.2) is 47.6 Å². The standard InChI is InChI=1S/C23H27N3O4S/c1-5-21-22(17-8-11-19(29-3)20(14-17)30-4)25-26(23(28)31-21)13-12-16-6-9-18(10-7-16)24-15(2)27/h6-11,14,21H,5,12-13H2,1-4H3,(H,24,27). The van der Waals surface area contributed by atoms with E-state index in [0.717, 1.165) is 28.9 Å². The molecule has 8 heteroatoms. The summed E-state index contributed by atoms with van der Waals surface area (Å²) in [5.74, 6) is 1.18. The molecule has 2 aromatic carbocycles. The molecule has 164 valence electrons. The third kappa shape index (κ3) is 5.58. The lowest BCUT2D eigenvalue weighted by Gasteiger charge is -2.28. The Balaban J connectivity index is 1.79. The van der Waals surface area contributed by atoms with Gasteiger partial charge in [0.1, 0.15) is 0 Å². The zero-order chi connectivity index (χ0) is 22.4. The summed E-state index contributed by atoms with van der Waals surface area (Å²) in [5.41, 5.74) is 3.58. The van der Waals surface area contributed by atoms with Gasteiger partial charge in [0.05, 0.1) is 25.2 Å². The minimum Gasteiger partial charge on any atom is -0.493 e. The fraction of sp³-hybridized carbons (Fsp3) is 0.348. The summed E-state index contributed by atoms with van der Waals surface area (Å²) in [6, 6.07) is 13.3. The Labute approximate surface area is 186 Å². The van der Waals surface area contributed by atoms with Gasteiger partial charge in [-0.05, 0) is 48.7 Å². The first kappa shape index (κ1) is 22.7. The van der Waals surface area contributed by atoms with Crippen molar-refractivity contribution in [2.24, 2.45) is 5.10 Å². The molecule has 1 N–H and O–H groups in total. The molecule has 0 fully saturated rings. The molecule has 0 radical (unpaired) electrons. The number of carbonyl (C=O) groups is 2. The van der Waals surface area contributed by atoms with Crippen molar-refractivity contribution in [2.75, 3.05) is 26.1 Å². The third-order valence-electron chi connectivity index (χ3n) is 4.92. The van der Waals surface area contributed by atoms with Crippen molar-refractivity contribution in [3.8, 4) is 11.5 Å². The highest BCUT2D eigenvalue weighted by atomic mass is 32.2. The normalized spacial score (nSPS) is 16.0. The summed E-state index contributed by atoms with van der Waals surface area (Å²) in [6.07, 6.45) is 1.45. The van der Waals surface area contributed by atoms with Gasteiger partial charge in [0.15, 0.2) is 11.5 Å². The molecule has 3 rings (SSSR count). The van der Waals surface area contributed by atoms with E-state index in [2.05, 4.69) is 5.32 Å². The molecule has 0 saturated heterocycles. The second kappa shape index (κ2) is 10.3. The first-order valence-electron chi connectivity index (χ1n) is 10.1. The number of hydrogen-bond donors (Lipinski definition) is 1. The molecule has 2 aromatic rings. The van der Waals surface area contributed by atoms with Crippen molar-refractivity contribution >= 4 is 34.3 Å². The predicted molar refractivity (Wildman–Crippen MR) is 124 cm³/mol. The summed E-state index contributed by atoms with van der Waals surface area (Å²) < 4.78 is 10.8. The summed E-state index contributed by atoms with van der Waals surface area (Å²) in [5, 5.41) is 8.93. The fourth-order valence-corrected chi connectivity index (χ4v) is 4.28. The van der Waals surface area contributed by atoms with E-state index in [0.29, 0.717) is 24.5 Å². The van der Waals surface area contributed by atoms with Gasteiger partial charge in [-0.2, -0.15) is 5.10 Å². The number of hydrazone groups is 1. The number of nitrogens with one attached hydrogen (secondary N) is 1. The van der Waals surface area contributed by atoms with Gasteiger partial charge in [-0.25, -0.2) is 5.01 Å². The highest BCUT2D eigenvalue weighted by molar-refractivity contribution is 8.14. The molecule has 0 aromatic heterocycles. The number of anilines is 1. The number of nitrogens with zero attached hydrogens (tertiary/aromatic N) is 2. The molecule has 1 atom stereocenters. The van der Waals surface area contributed by atoms with Crippen molar-refractivity contribution in [1.82, 2.24) is 5.01 Å². The van der Waals surface area contributed by atoms with E-state index in [1.807, 2.05) is 49.4 Å². The molecule has 0 saturated carbocycles. The minimum absolute atomic E-state index is 0.0150. The molecule has 1 aliphatic heterocycles. The average molecular weight is 442 g/mol. The van der Waals surface area contributed by atoms with E-state index in [4.69, 9.17) is 14.6 Å². The molecule has 0 spiro atoms. The van der Waals surface area contributed by atoms with Crippen molar-refractivity contribution in [3.05, 3.63) is 53.6 Å². The van der Waals surface area contributed by atoms with Gasteiger partial charge >= 0.3 is 5.24 Å². The Morgan fingerprint density at radius 3 is 2.45 bits per heavy atom. The molecule has 1 aliphatic rings. The minimum atomic E-state index is -0.105. The van der Waals surface area contributed by atoms with E-state index >= 15 is 0 Å². The quantitative estimate of drug-likeness (QED) is 0.650. The Hall–Kier alpha value is -3.00. The monoisotopic (exact) mass is 441 g/mol. The van der Waals surface area contributed by atoms with Gasteiger partial charge < -0.3 is 14.8 Å². The topological polar surface area (TPSA) is 80.2 Å². The molecule has 31 heavy (non-hydrogen) atoms. The molecule has 1 unspecified atom stereocenters. The van der Waals surface area contributed by atoms with Crippen molar-refractivity contribution in [2.45, 2.75) is 31.9 Å². The smallest absolute Gasteiger partial charge is 0.302 e. The predicted octanol–water partition coefficient (Wildman–Crippen LogP) is 4.56. The molecular formula is C23H27N3O4S. The number of thioether (sulfide) groups is 1. The van der Waals surface area contributed by atoms with E-state index in [-0.39, 0.29) is 16.4 Å². The van der Waals surface area contributed by atoms with Gasteiger partial charge in [-0.3, -0.25) is 9.59 Å². The van der Waals surface area contributed by atoms with E-state index < -0.39 is 0 Å². The second-order valence-electron chi connectivity index (χ2n) is 7.09. The largest absolute Gasteiger partial charge is 0.493 e. The van der Waals surface area contributed by atoms with Crippen LogP contribution in [-0.2, 0) is 11.2 Å². The zero-order valence-electron chi connectivity index (χ0n) is 18.2. The van der Waals surface area contributed by atoms with Crippen LogP contribution in [0.4, 0.5) is 10.5 Å². The van der Waals surface area contributed by atoms with Crippen molar-refractivity contribution in [1.29, 1.82) is 0 Å². The number of ether oxygens (including phenoxy) is 2. The lowest BCUT2D eigenvalue weighted by molar-refractivity contribution is -0.114. The Kier molecular flexibility index (Phi) is 7.57. The first-order chi connectivity index (χ1) is 14.9. The van der Waals surface area contributed by atoms with Crippen LogP contribution in [-0.4, -0.2) is 47.9 Å². The van der Waals surface area contributed by atoms with Gasteiger partial charge in [-0.15, -0.1) is 0 Å². The highest BCUT2D eigenvalue weighted by Crippen LogP contribution is 2.33. The van der Waals surface area contributed by atoms with Crippen LogP contribution in [0.25, 0.3) is 0 Å². The lowest BCUT2D eigenvalue weighted by atomic mass is 10.0. The van der Waals surface area contributed by atoms with Gasteiger partial charge in [0.25, 0.3) is 0 Å². The van der Waals surface area contributed by atoms with Crippen LogP contribution >= 0.6 is 11.8 Å². The van der Waals surface area contributed by atoms with Gasteiger partial charge in [0.2, 0.25) is 5.91 Å². The van der Waals surface area contributed by atoms with E-state index in [9.17, 15) is 9.59 Å². The molecule has 0 bridgehead atoms. The Morgan fingerprint density at radius 1 is 1.13 bits per heavy atom. The van der Waals surface area contributed by atoms with Crippen LogP contribution in [0.1, 0.15) is 31.4 Å². The summed E-state index contributed by atoms with van der Waals surface area (Å²) >= 11 is 1.30. The third-order valence-corrected chi connectivity index (χ3v) is 6.18. The fourth-order valence-electron chi connectivity index (χ4n) is 3.32. The Morgan fingerprint density at radius 2 is 1.84 bits per heavy atom. The van der Waals surface area contributed by atoms with E-state index in [1.54, 1.807) is 14.2 Å². The SMILES string of the molecule is CCC1SC(=O)N(CCc2ccc(NC(C)=O)cc2)N=C1c1ccc(OC)c(OC)c1. The first-order valence-corrected chi connectivity index (χ1v) is 11.0. The molecule has 2 amide bonds. The molecule has 1 heterocycles. The maximum atomic E-state index is 12.7. The molecule has 0 aliphatic carbocycles. The van der Waals surface area contributed by atoms with Crippen LogP contribution in [0, 0.1) is 0 Å². The summed E-state index contributed by atoms with van der Waals surface area (Å²) in [6.45, 7) is 4.00. The van der Waals surface area contributed by atoms with Crippen molar-refractivity contribution < 1.29 is 19.1 Å². The maximum absolute atomic E-state index is 12.7. The average Bonchev–Trinajstić information content (AvgIpc) is 2.78. The van der Waals surface area contributed by atoms with Gasteiger partial charge in [-0.1, -0.05) is 30.8 Å². The molecular weight excluding hydrogens is 414 g/mol. The number of hydrogen-bond acceptors (Lipinski definition) is 6.